The van der Waals surface area contributed by atoms with Gasteiger partial charge in [-0.1, -0.05) is 5.92 Å². The van der Waals surface area contributed by atoms with Crippen LogP contribution >= 0.6 is 0 Å². The summed E-state index contributed by atoms with van der Waals surface area (Å²) in [4.78, 5) is 22.0. The van der Waals surface area contributed by atoms with E-state index in [4.69, 9.17) is 4.74 Å². The Morgan fingerprint density at radius 2 is 2.22 bits per heavy atom. The minimum Gasteiger partial charge on any atom is -0.444 e. The van der Waals surface area contributed by atoms with Crippen LogP contribution in [-0.2, 0) is 4.74 Å². The van der Waals surface area contributed by atoms with Crippen LogP contribution in [-0.4, -0.2) is 28.4 Å². The van der Waals surface area contributed by atoms with E-state index in [1.165, 1.54) is 12.1 Å². The van der Waals surface area contributed by atoms with E-state index in [1.54, 1.807) is 20.8 Å². The fourth-order valence-electron chi connectivity index (χ4n) is 0.979. The third-order valence-corrected chi connectivity index (χ3v) is 1.62. The van der Waals surface area contributed by atoms with Crippen LogP contribution in [0.5, 0.6) is 0 Å². The Labute approximate surface area is 105 Å². The van der Waals surface area contributed by atoms with E-state index in [0.29, 0.717) is 5.69 Å². The third kappa shape index (κ3) is 5.70. The summed E-state index contributed by atoms with van der Waals surface area (Å²) in [7, 11) is 0. The lowest BCUT2D eigenvalue weighted by Crippen LogP contribution is -2.32. The zero-order valence-electron chi connectivity index (χ0n) is 10.5. The molecule has 0 unspecified atom stereocenters. The molecule has 0 atom stereocenters. The van der Waals surface area contributed by atoms with Gasteiger partial charge in [0.1, 0.15) is 11.3 Å². The maximum absolute atomic E-state index is 11.3. The fraction of sp³-hybridized carbons (Fsp3) is 0.417. The van der Waals surface area contributed by atoms with Gasteiger partial charge in [-0.15, -0.1) is 0 Å². The summed E-state index contributed by atoms with van der Waals surface area (Å²) < 4.78 is 5.02. The second-order valence-electron chi connectivity index (χ2n) is 4.46. The average Bonchev–Trinajstić information content (AvgIpc) is 2.24. The Bertz CT molecular complexity index is 511. The number of ether oxygens (including phenoxy) is 1. The molecule has 1 amide bonds. The van der Waals surface area contributed by atoms with Crippen LogP contribution in [0.3, 0.4) is 0 Å². The number of hydrogen-bond acceptors (Lipinski definition) is 4. The fourth-order valence-corrected chi connectivity index (χ4v) is 0.979. The van der Waals surface area contributed by atoms with Crippen molar-refractivity contribution in [3.05, 3.63) is 28.2 Å². The third-order valence-electron chi connectivity index (χ3n) is 1.62. The van der Waals surface area contributed by atoms with Gasteiger partial charge in [-0.25, -0.2) is 9.89 Å². The van der Waals surface area contributed by atoms with E-state index < -0.39 is 11.7 Å². The number of alkyl carbamates (subject to hydrolysis) is 1. The molecular formula is C12H15N3O3. The number of carbonyl (C=O) groups is 1. The molecule has 0 aromatic carbocycles. The smallest absolute Gasteiger partial charge is 0.408 e. The largest absolute Gasteiger partial charge is 0.444 e. The van der Waals surface area contributed by atoms with E-state index in [9.17, 15) is 9.59 Å². The summed E-state index contributed by atoms with van der Waals surface area (Å²) in [5, 5.41) is 8.45. The molecule has 1 rings (SSSR count). The van der Waals surface area contributed by atoms with Crippen LogP contribution in [0.4, 0.5) is 4.79 Å². The summed E-state index contributed by atoms with van der Waals surface area (Å²) in [5.41, 5.74) is -0.383. The van der Waals surface area contributed by atoms with Crippen LogP contribution in [0.15, 0.2) is 16.9 Å². The molecule has 0 fully saturated rings. The number of hydrogen-bond donors (Lipinski definition) is 2. The number of amides is 1. The highest BCUT2D eigenvalue weighted by atomic mass is 16.6. The van der Waals surface area contributed by atoms with Crippen molar-refractivity contribution in [3.63, 3.8) is 0 Å². The standard InChI is InChI=1S/C12H15N3O3/c1-12(2,3)18-11(17)13-8-4-5-9-6-7-10(16)15-14-9/h6-7H,8H2,1-3H3,(H,13,17)(H,15,16). The molecule has 96 valence electrons. The molecule has 0 aliphatic carbocycles. The summed E-state index contributed by atoms with van der Waals surface area (Å²) in [6, 6.07) is 2.83. The summed E-state index contributed by atoms with van der Waals surface area (Å²) in [5.74, 6) is 5.38. The normalized spacial score (nSPS) is 10.2. The van der Waals surface area contributed by atoms with Crippen LogP contribution in [0, 0.1) is 11.8 Å². The van der Waals surface area contributed by atoms with Crippen molar-refractivity contribution in [3.8, 4) is 11.8 Å². The average molecular weight is 249 g/mol. The Morgan fingerprint density at radius 1 is 1.50 bits per heavy atom. The van der Waals surface area contributed by atoms with Crippen molar-refractivity contribution in [2.24, 2.45) is 0 Å². The van der Waals surface area contributed by atoms with E-state index in [0.717, 1.165) is 0 Å². The Balaban J connectivity index is 2.41. The molecule has 18 heavy (non-hydrogen) atoms. The van der Waals surface area contributed by atoms with Crippen molar-refractivity contribution in [2.75, 3.05) is 6.54 Å². The summed E-state index contributed by atoms with van der Waals surface area (Å²) >= 11 is 0. The minimum absolute atomic E-state index is 0.149. The first-order chi connectivity index (χ1) is 8.37. The van der Waals surface area contributed by atoms with Crippen molar-refractivity contribution in [1.82, 2.24) is 15.5 Å². The molecule has 0 bridgehead atoms. The number of nitrogens with zero attached hydrogens (tertiary/aromatic N) is 1. The summed E-state index contributed by atoms with van der Waals surface area (Å²) in [6.07, 6.45) is -0.522. The van der Waals surface area contributed by atoms with E-state index in [1.807, 2.05) is 0 Å². The molecule has 2 N–H and O–H groups in total. The SMILES string of the molecule is CC(C)(C)OC(=O)NCC#Cc1ccc(=O)[nH]n1. The first-order valence-electron chi connectivity index (χ1n) is 5.38. The van der Waals surface area contributed by atoms with Gasteiger partial charge < -0.3 is 10.1 Å². The number of rotatable bonds is 1. The molecule has 0 spiro atoms. The van der Waals surface area contributed by atoms with Gasteiger partial charge in [-0.2, -0.15) is 5.10 Å². The lowest BCUT2D eigenvalue weighted by atomic mass is 10.2. The Morgan fingerprint density at radius 3 is 2.78 bits per heavy atom. The van der Waals surface area contributed by atoms with Gasteiger partial charge in [-0.05, 0) is 32.8 Å². The zero-order chi connectivity index (χ0) is 13.6. The minimum atomic E-state index is -0.530. The van der Waals surface area contributed by atoms with Crippen LogP contribution in [0.1, 0.15) is 26.5 Å². The predicted molar refractivity (Wildman–Crippen MR) is 66.0 cm³/mol. The number of nitrogens with one attached hydrogen (secondary N) is 2. The van der Waals surface area contributed by atoms with Crippen LogP contribution in [0.25, 0.3) is 0 Å². The molecule has 0 aliphatic rings. The van der Waals surface area contributed by atoms with E-state index in [-0.39, 0.29) is 12.1 Å². The number of aromatic nitrogens is 2. The molecule has 1 aromatic heterocycles. The van der Waals surface area contributed by atoms with Crippen molar-refractivity contribution < 1.29 is 9.53 Å². The Hall–Kier alpha value is -2.29. The number of H-pyrrole nitrogens is 1. The van der Waals surface area contributed by atoms with Gasteiger partial charge in [0.15, 0.2) is 0 Å². The predicted octanol–water partition coefficient (Wildman–Crippen LogP) is 0.646. The molecular weight excluding hydrogens is 234 g/mol. The molecule has 6 heteroatoms. The second kappa shape index (κ2) is 5.87. The molecule has 1 heterocycles. The second-order valence-corrected chi connectivity index (χ2v) is 4.46. The monoisotopic (exact) mass is 249 g/mol. The number of carbonyl (C=O) groups excluding carboxylic acids is 1. The Kier molecular flexibility index (Phi) is 4.49. The first-order valence-corrected chi connectivity index (χ1v) is 5.38. The van der Waals surface area contributed by atoms with E-state index >= 15 is 0 Å². The maximum Gasteiger partial charge on any atom is 0.408 e. The highest BCUT2D eigenvalue weighted by molar-refractivity contribution is 5.68. The van der Waals surface area contributed by atoms with Gasteiger partial charge in [0.25, 0.3) is 5.56 Å². The molecule has 0 saturated heterocycles. The van der Waals surface area contributed by atoms with Gasteiger partial charge in [0, 0.05) is 6.07 Å². The maximum atomic E-state index is 11.3. The molecule has 0 saturated carbocycles. The van der Waals surface area contributed by atoms with Crippen molar-refractivity contribution >= 4 is 6.09 Å². The van der Waals surface area contributed by atoms with Crippen LogP contribution < -0.4 is 10.9 Å². The zero-order valence-corrected chi connectivity index (χ0v) is 10.5. The topological polar surface area (TPSA) is 84.1 Å². The first kappa shape index (κ1) is 13.8. The van der Waals surface area contributed by atoms with Crippen LogP contribution in [0.2, 0.25) is 0 Å². The van der Waals surface area contributed by atoms with Gasteiger partial charge in [0.05, 0.1) is 6.54 Å². The van der Waals surface area contributed by atoms with Gasteiger partial charge >= 0.3 is 6.09 Å². The molecule has 6 nitrogen and oxygen atoms in total. The molecule has 0 aliphatic heterocycles. The highest BCUT2D eigenvalue weighted by Crippen LogP contribution is 2.05. The van der Waals surface area contributed by atoms with Gasteiger partial charge in [-0.3, -0.25) is 4.79 Å². The van der Waals surface area contributed by atoms with Crippen molar-refractivity contribution in [2.45, 2.75) is 26.4 Å². The quantitative estimate of drug-likeness (QED) is 0.715. The summed E-state index contributed by atoms with van der Waals surface area (Å²) in [6.45, 7) is 5.49. The lowest BCUT2D eigenvalue weighted by Gasteiger charge is -2.18. The number of aromatic amines is 1. The van der Waals surface area contributed by atoms with E-state index in [2.05, 4.69) is 27.4 Å². The molecule has 1 aromatic rings. The molecule has 0 radical (unpaired) electrons. The van der Waals surface area contributed by atoms with Crippen molar-refractivity contribution in [1.29, 1.82) is 0 Å². The lowest BCUT2D eigenvalue weighted by molar-refractivity contribution is 0.0535. The highest BCUT2D eigenvalue weighted by Gasteiger charge is 2.14. The van der Waals surface area contributed by atoms with Gasteiger partial charge in [0.2, 0.25) is 0 Å².